The molecule has 0 aromatic carbocycles. The lowest BCUT2D eigenvalue weighted by atomic mass is 10.2. The van der Waals surface area contributed by atoms with Gasteiger partial charge in [-0.05, 0) is 25.0 Å². The third-order valence-corrected chi connectivity index (χ3v) is 6.21. The second-order valence-electron chi connectivity index (χ2n) is 8.42. The number of ether oxygens (including phenoxy) is 1. The summed E-state index contributed by atoms with van der Waals surface area (Å²) in [5, 5.41) is 3.10. The Morgan fingerprint density at radius 3 is 2.59 bits per heavy atom. The number of nitrogens with zero attached hydrogens (tertiary/aromatic N) is 3. The van der Waals surface area contributed by atoms with E-state index in [0.717, 1.165) is 31.4 Å². The van der Waals surface area contributed by atoms with E-state index in [9.17, 15) is 14.4 Å². The van der Waals surface area contributed by atoms with E-state index in [2.05, 4.69) is 10.2 Å². The summed E-state index contributed by atoms with van der Waals surface area (Å²) in [7, 11) is 1.45. The van der Waals surface area contributed by atoms with E-state index in [-0.39, 0.29) is 35.6 Å². The molecule has 1 N–H and O–H groups in total. The number of hydrogen-bond acceptors (Lipinski definition) is 6. The molecule has 32 heavy (non-hydrogen) atoms. The Morgan fingerprint density at radius 1 is 1.19 bits per heavy atom. The van der Waals surface area contributed by atoms with Gasteiger partial charge in [-0.2, -0.15) is 0 Å². The Bertz CT molecular complexity index is 986. The summed E-state index contributed by atoms with van der Waals surface area (Å²) in [5.41, 5.74) is 0.546. The van der Waals surface area contributed by atoms with E-state index in [4.69, 9.17) is 9.15 Å². The van der Waals surface area contributed by atoms with Crippen molar-refractivity contribution in [2.75, 3.05) is 33.3 Å². The molecule has 1 saturated carbocycles. The molecule has 2 fully saturated rings. The molecule has 172 valence electrons. The van der Waals surface area contributed by atoms with Crippen LogP contribution in [-0.4, -0.2) is 65.5 Å². The molecule has 2 aromatic heterocycles. The second kappa shape index (κ2) is 10.0. The molecule has 2 aromatic rings. The smallest absolute Gasteiger partial charge is 0.289 e. The summed E-state index contributed by atoms with van der Waals surface area (Å²) in [4.78, 5) is 41.4. The van der Waals surface area contributed by atoms with Crippen LogP contribution in [0.2, 0.25) is 0 Å². The van der Waals surface area contributed by atoms with Crippen LogP contribution in [-0.2, 0) is 17.9 Å². The zero-order valence-corrected chi connectivity index (χ0v) is 18.4. The van der Waals surface area contributed by atoms with Gasteiger partial charge in [-0.3, -0.25) is 19.3 Å². The predicted octanol–water partition coefficient (Wildman–Crippen LogP) is 1.47. The third kappa shape index (κ3) is 5.21. The number of nitrogens with one attached hydrogen (secondary N) is 1. The number of furan rings is 1. The number of hydrogen-bond donors (Lipinski definition) is 1. The first kappa shape index (κ1) is 22.1. The molecule has 4 rings (SSSR count). The molecular formula is C23H30N4O5. The summed E-state index contributed by atoms with van der Waals surface area (Å²) in [6.07, 6.45) is 7.45. The minimum atomic E-state index is -0.207. The topological polar surface area (TPSA) is 97.0 Å². The number of methoxy groups -OCH3 is 1. The van der Waals surface area contributed by atoms with Gasteiger partial charge in [-0.25, -0.2) is 0 Å². The maximum atomic E-state index is 12.6. The second-order valence-corrected chi connectivity index (χ2v) is 8.42. The van der Waals surface area contributed by atoms with Gasteiger partial charge in [0, 0.05) is 50.5 Å². The molecule has 9 heteroatoms. The predicted molar refractivity (Wildman–Crippen MR) is 118 cm³/mol. The third-order valence-electron chi connectivity index (χ3n) is 6.21. The largest absolute Gasteiger partial charge is 0.491 e. The van der Waals surface area contributed by atoms with Crippen molar-refractivity contribution in [3.8, 4) is 5.75 Å². The molecule has 0 unspecified atom stereocenters. The van der Waals surface area contributed by atoms with E-state index >= 15 is 0 Å². The van der Waals surface area contributed by atoms with Crippen LogP contribution >= 0.6 is 0 Å². The highest BCUT2D eigenvalue weighted by molar-refractivity contribution is 5.91. The van der Waals surface area contributed by atoms with Gasteiger partial charge in [0.1, 0.15) is 6.54 Å². The highest BCUT2D eigenvalue weighted by Crippen LogP contribution is 2.18. The summed E-state index contributed by atoms with van der Waals surface area (Å²) in [5.74, 6) is 0.393. The Kier molecular flexibility index (Phi) is 6.94. The number of piperazine rings is 1. The highest BCUT2D eigenvalue weighted by atomic mass is 16.5. The molecule has 0 spiro atoms. The molecule has 0 radical (unpaired) electrons. The van der Waals surface area contributed by atoms with Crippen LogP contribution in [0.25, 0.3) is 0 Å². The molecule has 1 aliphatic heterocycles. The van der Waals surface area contributed by atoms with E-state index < -0.39 is 0 Å². The first-order chi connectivity index (χ1) is 15.5. The van der Waals surface area contributed by atoms with Crippen molar-refractivity contribution >= 4 is 11.8 Å². The van der Waals surface area contributed by atoms with E-state index in [1.54, 1.807) is 33.9 Å². The van der Waals surface area contributed by atoms with Gasteiger partial charge in [-0.1, -0.05) is 12.8 Å². The van der Waals surface area contributed by atoms with E-state index in [0.29, 0.717) is 38.5 Å². The monoisotopic (exact) mass is 442 g/mol. The van der Waals surface area contributed by atoms with Gasteiger partial charge < -0.3 is 23.9 Å². The average Bonchev–Trinajstić information content (AvgIpc) is 3.50. The molecule has 3 heterocycles. The van der Waals surface area contributed by atoms with Crippen LogP contribution in [0.1, 0.15) is 41.9 Å². The first-order valence-corrected chi connectivity index (χ1v) is 11.2. The van der Waals surface area contributed by atoms with Crippen molar-refractivity contribution < 1.29 is 18.7 Å². The Morgan fingerprint density at radius 2 is 1.94 bits per heavy atom. The average molecular weight is 443 g/mol. The number of carbonyl (C=O) groups is 2. The van der Waals surface area contributed by atoms with E-state index in [1.165, 1.54) is 13.4 Å². The van der Waals surface area contributed by atoms with Gasteiger partial charge in [0.25, 0.3) is 5.91 Å². The van der Waals surface area contributed by atoms with Crippen LogP contribution in [0, 0.1) is 0 Å². The number of amides is 2. The summed E-state index contributed by atoms with van der Waals surface area (Å²) in [6.45, 7) is 3.13. The summed E-state index contributed by atoms with van der Waals surface area (Å²) < 4.78 is 12.2. The molecule has 0 bridgehead atoms. The fourth-order valence-electron chi connectivity index (χ4n) is 4.42. The van der Waals surface area contributed by atoms with Crippen molar-refractivity contribution in [1.82, 2.24) is 19.7 Å². The van der Waals surface area contributed by atoms with Crippen molar-refractivity contribution in [1.29, 1.82) is 0 Å². The number of aromatic nitrogens is 1. The Balaban J connectivity index is 1.41. The molecule has 0 atom stereocenters. The number of carbonyl (C=O) groups excluding carboxylic acids is 2. The van der Waals surface area contributed by atoms with Crippen LogP contribution in [0.4, 0.5) is 0 Å². The molecule has 1 aliphatic carbocycles. The first-order valence-electron chi connectivity index (χ1n) is 11.2. The molecule has 9 nitrogen and oxygen atoms in total. The lowest BCUT2D eigenvalue weighted by Gasteiger charge is -2.34. The van der Waals surface area contributed by atoms with Crippen molar-refractivity contribution in [3.05, 3.63) is 52.3 Å². The van der Waals surface area contributed by atoms with Gasteiger partial charge in [-0.15, -0.1) is 0 Å². The lowest BCUT2D eigenvalue weighted by Crippen LogP contribution is -2.48. The van der Waals surface area contributed by atoms with Crippen LogP contribution in [0.5, 0.6) is 5.75 Å². The van der Waals surface area contributed by atoms with Crippen LogP contribution in [0.15, 0.2) is 39.9 Å². The number of pyridine rings is 1. The van der Waals surface area contributed by atoms with Crippen molar-refractivity contribution in [2.24, 2.45) is 0 Å². The fraction of sp³-hybridized carbons (Fsp3) is 0.522. The van der Waals surface area contributed by atoms with Gasteiger partial charge in [0.15, 0.2) is 11.5 Å². The SMILES string of the molecule is COc1cn(CC(=O)NC2CCCC2)c(CN2CCN(C(=O)c3ccco3)CC2)cc1=O. The standard InChI is InChI=1S/C23H30N4O5/c1-31-21-15-27(16-22(29)24-17-5-2-3-6-17)18(13-19(21)28)14-25-8-10-26(11-9-25)23(30)20-7-4-12-32-20/h4,7,12-13,15,17H,2-3,5-6,8-11,14,16H2,1H3,(H,24,29). The molecule has 1 saturated heterocycles. The highest BCUT2D eigenvalue weighted by Gasteiger charge is 2.25. The molecular weight excluding hydrogens is 412 g/mol. The van der Waals surface area contributed by atoms with Crippen molar-refractivity contribution in [2.45, 2.75) is 44.8 Å². The van der Waals surface area contributed by atoms with Crippen LogP contribution in [0.3, 0.4) is 0 Å². The fourth-order valence-corrected chi connectivity index (χ4v) is 4.42. The maximum Gasteiger partial charge on any atom is 0.289 e. The lowest BCUT2D eigenvalue weighted by molar-refractivity contribution is -0.122. The van der Waals surface area contributed by atoms with E-state index in [1.807, 2.05) is 0 Å². The van der Waals surface area contributed by atoms with Gasteiger partial charge in [0.05, 0.1) is 19.6 Å². The number of rotatable bonds is 7. The zero-order valence-electron chi connectivity index (χ0n) is 18.4. The Hall–Kier alpha value is -3.07. The minimum absolute atomic E-state index is 0.0577. The maximum absolute atomic E-state index is 12.6. The molecule has 2 aliphatic rings. The molecule has 2 amide bonds. The zero-order chi connectivity index (χ0) is 22.5. The van der Waals surface area contributed by atoms with Gasteiger partial charge >= 0.3 is 0 Å². The minimum Gasteiger partial charge on any atom is -0.491 e. The van der Waals surface area contributed by atoms with Crippen molar-refractivity contribution in [3.63, 3.8) is 0 Å². The Labute approximate surface area is 186 Å². The van der Waals surface area contributed by atoms with Gasteiger partial charge in [0.2, 0.25) is 11.3 Å². The normalized spacial score (nSPS) is 17.5. The summed E-state index contributed by atoms with van der Waals surface area (Å²) >= 11 is 0. The summed E-state index contributed by atoms with van der Waals surface area (Å²) in [6, 6.07) is 5.16. The van der Waals surface area contributed by atoms with Crippen LogP contribution < -0.4 is 15.5 Å². The quantitative estimate of drug-likeness (QED) is 0.698.